The maximum Gasteiger partial charge on any atom is 0.158 e. The third-order valence-electron chi connectivity index (χ3n) is 7.56. The van der Waals surface area contributed by atoms with Crippen molar-refractivity contribution in [2.75, 3.05) is 0 Å². The molecular formula is C36H38OSiZr. The SMILES string of the molecule is CC1=Cc2c(-c3ccccc3)cccc2[CH]1[Zr][CH]1C(C)=Cc2c(-c3ccccc3)cccc21.C[SiH2]OC(C)C. The van der Waals surface area contributed by atoms with Gasteiger partial charge in [0.1, 0.15) is 0 Å². The molecule has 0 radical (unpaired) electrons. The zero-order valence-electron chi connectivity index (χ0n) is 23.7. The minimum atomic E-state index is -0.835. The van der Waals surface area contributed by atoms with Crippen LogP contribution >= 0.6 is 0 Å². The predicted molar refractivity (Wildman–Crippen MR) is 167 cm³/mol. The van der Waals surface area contributed by atoms with Crippen molar-refractivity contribution in [2.24, 2.45) is 0 Å². The van der Waals surface area contributed by atoms with E-state index in [1.807, 2.05) is 0 Å². The van der Waals surface area contributed by atoms with E-state index in [1.54, 1.807) is 22.3 Å². The van der Waals surface area contributed by atoms with Crippen molar-refractivity contribution in [3.05, 3.63) is 130 Å². The van der Waals surface area contributed by atoms with Crippen LogP contribution in [0.5, 0.6) is 0 Å². The summed E-state index contributed by atoms with van der Waals surface area (Å²) < 4.78 is 6.44. The van der Waals surface area contributed by atoms with Crippen LogP contribution in [0.1, 0.15) is 57.2 Å². The summed E-state index contributed by atoms with van der Waals surface area (Å²) in [5, 5.41) is 0. The summed E-state index contributed by atoms with van der Waals surface area (Å²) in [6.07, 6.45) is 5.40. The van der Waals surface area contributed by atoms with E-state index in [1.165, 1.54) is 33.4 Å². The molecule has 2 aliphatic rings. The summed E-state index contributed by atoms with van der Waals surface area (Å²) >= 11 is -0.835. The van der Waals surface area contributed by atoms with Gasteiger partial charge in [-0.3, -0.25) is 0 Å². The summed E-state index contributed by atoms with van der Waals surface area (Å²) in [6, 6.07) is 35.6. The molecular weight excluding hydrogens is 568 g/mol. The van der Waals surface area contributed by atoms with E-state index in [0.717, 1.165) is 0 Å². The second-order valence-electron chi connectivity index (χ2n) is 10.7. The number of rotatable bonds is 6. The first-order chi connectivity index (χ1) is 19.0. The maximum atomic E-state index is 5.18. The van der Waals surface area contributed by atoms with Crippen LogP contribution in [0, 0.1) is 0 Å². The second-order valence-corrected chi connectivity index (χ2v) is 15.2. The molecule has 0 amide bonds. The van der Waals surface area contributed by atoms with Crippen LogP contribution in [-0.2, 0) is 27.7 Å². The quantitative estimate of drug-likeness (QED) is 0.199. The molecule has 0 fully saturated rings. The molecule has 4 aromatic rings. The Bertz CT molecular complexity index is 1380. The first-order valence-corrected chi connectivity index (χ1v) is 18.9. The van der Waals surface area contributed by atoms with Crippen molar-refractivity contribution in [3.8, 4) is 22.3 Å². The topological polar surface area (TPSA) is 9.23 Å². The fraction of sp³-hybridized carbons (Fsp3) is 0.222. The molecule has 3 heteroatoms. The minimum absolute atomic E-state index is 0.133. The second kappa shape index (κ2) is 12.7. The first-order valence-electron chi connectivity index (χ1n) is 14.1. The van der Waals surface area contributed by atoms with Gasteiger partial charge in [-0.15, -0.1) is 0 Å². The Morgan fingerprint density at radius 1 is 0.615 bits per heavy atom. The number of allylic oxidation sites excluding steroid dienone is 2. The van der Waals surface area contributed by atoms with Gasteiger partial charge in [0.2, 0.25) is 0 Å². The fourth-order valence-corrected chi connectivity index (χ4v) is 11.1. The van der Waals surface area contributed by atoms with Gasteiger partial charge in [-0.25, -0.2) is 0 Å². The number of hydrogen-bond donors (Lipinski definition) is 0. The largest absolute Gasteiger partial charge is 0.422 e. The molecule has 6 rings (SSSR count). The standard InChI is InChI=1S/2C16H13.C4H12OSi.Zr/c2*1-12-10-14-8-5-9-15(16(14)11-12)13-6-3-2-4-7-13;1-4(2)5-6-3;/h2*2-11H,1H3;4H,6H2,1-3H3;. The first kappa shape index (κ1) is 28.0. The number of hydrogen-bond acceptors (Lipinski definition) is 1. The third-order valence-corrected chi connectivity index (χ3v) is 14.0. The minimum Gasteiger partial charge on any atom is -0.422 e. The number of fused-ring (bicyclic) bond motifs is 2. The Labute approximate surface area is 248 Å². The summed E-state index contributed by atoms with van der Waals surface area (Å²) in [4.78, 5) is 0. The third kappa shape index (κ3) is 6.12. The van der Waals surface area contributed by atoms with Gasteiger partial charge in [0, 0.05) is 6.10 Å². The zero-order valence-corrected chi connectivity index (χ0v) is 27.6. The monoisotopic (exact) mass is 604 g/mol. The Morgan fingerprint density at radius 2 is 1.05 bits per heavy atom. The van der Waals surface area contributed by atoms with Gasteiger partial charge in [0.15, 0.2) is 9.76 Å². The molecule has 0 aliphatic heterocycles. The molecule has 0 heterocycles. The maximum absolute atomic E-state index is 5.18. The van der Waals surface area contributed by atoms with Gasteiger partial charge in [-0.2, -0.15) is 0 Å². The van der Waals surface area contributed by atoms with Gasteiger partial charge >= 0.3 is 209 Å². The molecule has 2 aliphatic carbocycles. The summed E-state index contributed by atoms with van der Waals surface area (Å²) in [7, 11) is -0.133. The zero-order chi connectivity index (χ0) is 27.4. The molecule has 4 aromatic carbocycles. The van der Waals surface area contributed by atoms with Crippen molar-refractivity contribution in [2.45, 2.75) is 47.6 Å². The Morgan fingerprint density at radius 3 is 1.41 bits per heavy atom. The van der Waals surface area contributed by atoms with E-state index in [0.29, 0.717) is 13.4 Å². The molecule has 0 aromatic heterocycles. The van der Waals surface area contributed by atoms with Crippen LogP contribution < -0.4 is 0 Å². The van der Waals surface area contributed by atoms with Crippen molar-refractivity contribution in [3.63, 3.8) is 0 Å². The Kier molecular flexibility index (Phi) is 9.13. The molecule has 196 valence electrons. The van der Waals surface area contributed by atoms with Crippen LogP contribution in [0.2, 0.25) is 6.55 Å². The van der Waals surface area contributed by atoms with E-state index in [9.17, 15) is 0 Å². The van der Waals surface area contributed by atoms with Gasteiger partial charge in [0.25, 0.3) is 0 Å². The van der Waals surface area contributed by atoms with E-state index >= 15 is 0 Å². The molecule has 0 bridgehead atoms. The number of benzene rings is 4. The van der Waals surface area contributed by atoms with Crippen LogP contribution in [0.4, 0.5) is 0 Å². The summed E-state index contributed by atoms with van der Waals surface area (Å²) in [5.74, 6) is 0. The van der Waals surface area contributed by atoms with Crippen LogP contribution in [0.3, 0.4) is 0 Å². The molecule has 0 saturated carbocycles. The predicted octanol–water partition coefficient (Wildman–Crippen LogP) is 9.26. The van der Waals surface area contributed by atoms with Crippen molar-refractivity contribution in [1.82, 2.24) is 0 Å². The van der Waals surface area contributed by atoms with Crippen molar-refractivity contribution in [1.29, 1.82) is 0 Å². The molecule has 1 nitrogen and oxygen atoms in total. The average molecular weight is 606 g/mol. The Hall–Kier alpha value is -2.58. The smallest absolute Gasteiger partial charge is 0.158 e. The van der Waals surface area contributed by atoms with E-state index in [2.05, 4.69) is 143 Å². The normalized spacial score (nSPS) is 17.4. The molecule has 0 N–H and O–H groups in total. The molecule has 0 spiro atoms. The average Bonchev–Trinajstić information content (AvgIpc) is 3.45. The Balaban J connectivity index is 0.000000465. The fourth-order valence-electron chi connectivity index (χ4n) is 5.79. The van der Waals surface area contributed by atoms with Crippen LogP contribution in [0.15, 0.2) is 108 Å². The summed E-state index contributed by atoms with van der Waals surface area (Å²) in [5.41, 5.74) is 14.5. The van der Waals surface area contributed by atoms with Crippen molar-refractivity contribution >= 4 is 21.9 Å². The van der Waals surface area contributed by atoms with E-state index < -0.39 is 23.2 Å². The molecule has 0 saturated heterocycles. The van der Waals surface area contributed by atoms with Gasteiger partial charge in [0.05, 0.1) is 0 Å². The molecule has 39 heavy (non-hydrogen) atoms. The van der Waals surface area contributed by atoms with Gasteiger partial charge in [-0.05, 0) is 13.8 Å². The van der Waals surface area contributed by atoms with E-state index in [4.69, 9.17) is 4.43 Å². The van der Waals surface area contributed by atoms with E-state index in [-0.39, 0.29) is 9.76 Å². The van der Waals surface area contributed by atoms with Gasteiger partial charge in [-0.1, -0.05) is 6.55 Å². The van der Waals surface area contributed by atoms with Crippen molar-refractivity contribution < 1.29 is 27.7 Å². The molecule has 2 atom stereocenters. The van der Waals surface area contributed by atoms with Gasteiger partial charge < -0.3 is 4.43 Å². The summed E-state index contributed by atoms with van der Waals surface area (Å²) in [6.45, 7) is 11.0. The molecule has 2 unspecified atom stereocenters. The van der Waals surface area contributed by atoms with Crippen LogP contribution in [0.25, 0.3) is 34.4 Å². The van der Waals surface area contributed by atoms with Crippen LogP contribution in [-0.4, -0.2) is 15.9 Å².